The molecule has 10 nitrogen and oxygen atoms in total. The highest BCUT2D eigenvalue weighted by Crippen LogP contribution is 2.31. The van der Waals surface area contributed by atoms with Gasteiger partial charge in [0, 0.05) is 11.1 Å². The van der Waals surface area contributed by atoms with E-state index in [-0.39, 0.29) is 16.3 Å². The number of ether oxygens (including phenoxy) is 2. The monoisotopic (exact) mass is 488 g/mol. The Bertz CT molecular complexity index is 1350. The van der Waals surface area contributed by atoms with Gasteiger partial charge in [-0.3, -0.25) is 20.3 Å². The fourth-order valence-electron chi connectivity index (χ4n) is 3.01. The van der Waals surface area contributed by atoms with Crippen molar-refractivity contribution < 1.29 is 22.8 Å². The van der Waals surface area contributed by atoms with Crippen molar-refractivity contribution in [2.45, 2.75) is 4.90 Å². The van der Waals surface area contributed by atoms with Gasteiger partial charge in [0.25, 0.3) is 15.7 Å². The van der Waals surface area contributed by atoms with Crippen LogP contribution in [0.1, 0.15) is 5.56 Å². The first-order valence-corrected chi connectivity index (χ1v) is 11.4. The third kappa shape index (κ3) is 5.33. The summed E-state index contributed by atoms with van der Waals surface area (Å²) < 4.78 is 38.6. The summed E-state index contributed by atoms with van der Waals surface area (Å²) in [5.74, 6) is 1.21. The minimum absolute atomic E-state index is 0.0236. The molecule has 12 heteroatoms. The standard InChI is InChI=1S/C21H17ClN4O6S/c22-15-2-1-3-16(11-15)25-33(29,30)17-5-6-18(19(12-17)26(27)28)24-23-13-14-4-7-20-21(10-14)32-9-8-31-20/h1-7,10-13,24-25H,8-9H2. The topological polar surface area (TPSA) is 132 Å². The van der Waals surface area contributed by atoms with E-state index in [9.17, 15) is 18.5 Å². The fraction of sp³-hybridized carbons (Fsp3) is 0.0952. The lowest BCUT2D eigenvalue weighted by atomic mass is 10.2. The summed E-state index contributed by atoms with van der Waals surface area (Å²) in [6.45, 7) is 0.922. The summed E-state index contributed by atoms with van der Waals surface area (Å²) >= 11 is 5.88. The van der Waals surface area contributed by atoms with E-state index in [0.29, 0.717) is 35.3 Å². The van der Waals surface area contributed by atoms with Gasteiger partial charge in [0.05, 0.1) is 21.7 Å². The Balaban J connectivity index is 1.53. The number of nitrogens with zero attached hydrogens (tertiary/aromatic N) is 2. The van der Waals surface area contributed by atoms with Crippen LogP contribution in [-0.2, 0) is 10.0 Å². The Morgan fingerprint density at radius 2 is 1.82 bits per heavy atom. The largest absolute Gasteiger partial charge is 0.486 e. The number of halogens is 1. The van der Waals surface area contributed by atoms with Crippen LogP contribution in [0.2, 0.25) is 5.02 Å². The highest BCUT2D eigenvalue weighted by atomic mass is 35.5. The number of benzene rings is 3. The van der Waals surface area contributed by atoms with Crippen LogP contribution in [0.25, 0.3) is 0 Å². The maximum atomic E-state index is 12.7. The van der Waals surface area contributed by atoms with E-state index in [1.54, 1.807) is 30.3 Å². The van der Waals surface area contributed by atoms with Crippen molar-refractivity contribution in [1.82, 2.24) is 0 Å². The molecule has 33 heavy (non-hydrogen) atoms. The Labute approximate surface area is 194 Å². The van der Waals surface area contributed by atoms with E-state index in [1.165, 1.54) is 30.5 Å². The first-order valence-electron chi connectivity index (χ1n) is 9.57. The van der Waals surface area contributed by atoms with Crippen molar-refractivity contribution in [3.63, 3.8) is 0 Å². The molecular weight excluding hydrogens is 472 g/mol. The van der Waals surface area contributed by atoms with E-state index in [4.69, 9.17) is 21.1 Å². The fourth-order valence-corrected chi connectivity index (χ4v) is 4.27. The second-order valence-electron chi connectivity index (χ2n) is 6.83. The Kier molecular flexibility index (Phi) is 6.33. The average molecular weight is 489 g/mol. The van der Waals surface area contributed by atoms with Crippen LogP contribution in [-0.4, -0.2) is 32.8 Å². The lowest BCUT2D eigenvalue weighted by molar-refractivity contribution is -0.384. The zero-order valence-corrected chi connectivity index (χ0v) is 18.5. The Morgan fingerprint density at radius 3 is 2.58 bits per heavy atom. The average Bonchev–Trinajstić information content (AvgIpc) is 2.78. The lowest BCUT2D eigenvalue weighted by Gasteiger charge is -2.18. The van der Waals surface area contributed by atoms with Gasteiger partial charge in [0.2, 0.25) is 0 Å². The Morgan fingerprint density at radius 1 is 1.03 bits per heavy atom. The number of anilines is 2. The van der Waals surface area contributed by atoms with Crippen LogP contribution < -0.4 is 19.6 Å². The number of hydrogen-bond acceptors (Lipinski definition) is 8. The van der Waals surface area contributed by atoms with Crippen molar-refractivity contribution in [2.24, 2.45) is 5.10 Å². The molecule has 0 fully saturated rings. The molecule has 0 unspecified atom stereocenters. The molecule has 0 atom stereocenters. The number of nitro benzene ring substituents is 1. The van der Waals surface area contributed by atoms with Crippen molar-refractivity contribution in [2.75, 3.05) is 23.4 Å². The van der Waals surface area contributed by atoms with Crippen LogP contribution in [0.15, 0.2) is 70.7 Å². The second kappa shape index (κ2) is 9.35. The number of rotatable bonds is 7. The minimum Gasteiger partial charge on any atom is -0.486 e. The van der Waals surface area contributed by atoms with Crippen LogP contribution in [0, 0.1) is 10.1 Å². The van der Waals surface area contributed by atoms with E-state index in [0.717, 1.165) is 6.07 Å². The molecule has 1 aliphatic heterocycles. The number of hydrogen-bond donors (Lipinski definition) is 2. The van der Waals surface area contributed by atoms with Gasteiger partial charge in [-0.05, 0) is 54.1 Å². The smallest absolute Gasteiger partial charge is 0.295 e. The van der Waals surface area contributed by atoms with Crippen molar-refractivity contribution in [1.29, 1.82) is 0 Å². The van der Waals surface area contributed by atoms with Crippen molar-refractivity contribution in [3.05, 3.63) is 81.4 Å². The van der Waals surface area contributed by atoms with Crippen LogP contribution in [0.3, 0.4) is 0 Å². The van der Waals surface area contributed by atoms with Gasteiger partial charge < -0.3 is 9.47 Å². The summed E-state index contributed by atoms with van der Waals surface area (Å²) in [4.78, 5) is 10.6. The second-order valence-corrected chi connectivity index (χ2v) is 8.94. The maximum absolute atomic E-state index is 12.7. The molecule has 1 aliphatic rings. The van der Waals surface area contributed by atoms with Gasteiger partial charge >= 0.3 is 0 Å². The molecule has 3 aromatic carbocycles. The Hall–Kier alpha value is -3.83. The molecule has 2 N–H and O–H groups in total. The first-order chi connectivity index (χ1) is 15.8. The predicted molar refractivity (Wildman–Crippen MR) is 124 cm³/mol. The third-order valence-corrected chi connectivity index (χ3v) is 6.13. The van der Waals surface area contributed by atoms with Gasteiger partial charge in [0.15, 0.2) is 11.5 Å². The molecule has 0 spiro atoms. The van der Waals surface area contributed by atoms with E-state index >= 15 is 0 Å². The molecule has 0 saturated heterocycles. The van der Waals surface area contributed by atoms with Crippen molar-refractivity contribution in [3.8, 4) is 11.5 Å². The molecule has 0 bridgehead atoms. The summed E-state index contributed by atoms with van der Waals surface area (Å²) in [5, 5.41) is 15.9. The molecular formula is C21H17ClN4O6S. The molecule has 0 radical (unpaired) electrons. The predicted octanol–water partition coefficient (Wildman–Crippen LogP) is 4.27. The zero-order chi connectivity index (χ0) is 23.4. The van der Waals surface area contributed by atoms with E-state index in [2.05, 4.69) is 15.2 Å². The van der Waals surface area contributed by atoms with E-state index < -0.39 is 20.6 Å². The summed E-state index contributed by atoms with van der Waals surface area (Å²) in [6, 6.07) is 14.8. The quantitative estimate of drug-likeness (QED) is 0.288. The number of sulfonamides is 1. The van der Waals surface area contributed by atoms with Crippen LogP contribution in [0.4, 0.5) is 17.1 Å². The SMILES string of the molecule is O=[N+]([O-])c1cc(S(=O)(=O)Nc2cccc(Cl)c2)ccc1NN=Cc1ccc2c(c1)OCCO2. The number of nitro groups is 1. The molecule has 0 aromatic heterocycles. The summed E-state index contributed by atoms with van der Waals surface area (Å²) in [5.41, 5.74) is 3.06. The van der Waals surface area contributed by atoms with Crippen molar-refractivity contribution >= 4 is 44.9 Å². The number of fused-ring (bicyclic) bond motifs is 1. The lowest BCUT2D eigenvalue weighted by Crippen LogP contribution is -2.15. The van der Waals surface area contributed by atoms with Crippen LogP contribution in [0.5, 0.6) is 11.5 Å². The van der Waals surface area contributed by atoms with Gasteiger partial charge in [-0.2, -0.15) is 5.10 Å². The molecule has 170 valence electrons. The number of hydrazone groups is 1. The zero-order valence-electron chi connectivity index (χ0n) is 16.9. The van der Waals surface area contributed by atoms with E-state index in [1.807, 2.05) is 0 Å². The molecule has 0 amide bonds. The highest BCUT2D eigenvalue weighted by molar-refractivity contribution is 7.92. The molecule has 0 saturated carbocycles. The molecule has 4 rings (SSSR count). The normalized spacial score (nSPS) is 13.0. The number of nitrogens with one attached hydrogen (secondary N) is 2. The van der Waals surface area contributed by atoms with Gasteiger partial charge in [0.1, 0.15) is 18.9 Å². The summed E-state index contributed by atoms with van der Waals surface area (Å²) in [6.07, 6.45) is 1.45. The minimum atomic E-state index is -4.08. The third-order valence-electron chi connectivity index (χ3n) is 4.52. The molecule has 0 aliphatic carbocycles. The molecule has 1 heterocycles. The first kappa shape index (κ1) is 22.4. The summed E-state index contributed by atoms with van der Waals surface area (Å²) in [7, 11) is -4.08. The van der Waals surface area contributed by atoms with Gasteiger partial charge in [-0.25, -0.2) is 8.42 Å². The van der Waals surface area contributed by atoms with Gasteiger partial charge in [-0.1, -0.05) is 17.7 Å². The van der Waals surface area contributed by atoms with Gasteiger partial charge in [-0.15, -0.1) is 0 Å². The highest BCUT2D eigenvalue weighted by Gasteiger charge is 2.22. The maximum Gasteiger partial charge on any atom is 0.295 e. The molecule has 3 aromatic rings. The van der Waals surface area contributed by atoms with Crippen LogP contribution >= 0.6 is 11.6 Å².